The topological polar surface area (TPSA) is 33.0 Å². The fourth-order valence-corrected chi connectivity index (χ4v) is 2.75. The molecule has 0 aliphatic carbocycles. The van der Waals surface area contributed by atoms with Crippen LogP contribution in [-0.4, -0.2) is 0 Å². The molecule has 0 aliphatic heterocycles. The lowest BCUT2D eigenvalue weighted by Gasteiger charge is -2.14. The second kappa shape index (κ2) is 6.78. The Bertz CT molecular complexity index is 678. The Morgan fingerprint density at radius 1 is 1.05 bits per heavy atom. The number of rotatable bonds is 4. The van der Waals surface area contributed by atoms with Crippen LogP contribution in [0.25, 0.3) is 0 Å². The molecule has 3 heteroatoms. The van der Waals surface area contributed by atoms with Crippen molar-refractivity contribution in [2.75, 3.05) is 0 Å². The third-order valence-electron chi connectivity index (χ3n) is 3.52. The molecular weight excluding hydrogens is 326 g/mol. The molecule has 0 saturated carbocycles. The van der Waals surface area contributed by atoms with Crippen molar-refractivity contribution >= 4 is 15.9 Å². The van der Waals surface area contributed by atoms with Crippen LogP contribution in [0.2, 0.25) is 0 Å². The van der Waals surface area contributed by atoms with E-state index in [2.05, 4.69) is 48.0 Å². The van der Waals surface area contributed by atoms with Crippen molar-refractivity contribution in [3.63, 3.8) is 0 Å². The number of hydrogen-bond acceptors (Lipinski definition) is 2. The summed E-state index contributed by atoms with van der Waals surface area (Å²) in [6.07, 6.45) is 0. The third-order valence-corrected chi connectivity index (χ3v) is 4.17. The first kappa shape index (κ1) is 15.6. The van der Waals surface area contributed by atoms with E-state index in [0.717, 1.165) is 33.3 Å². The highest BCUT2D eigenvalue weighted by molar-refractivity contribution is 9.08. The predicted molar refractivity (Wildman–Crippen MR) is 88.8 cm³/mol. The van der Waals surface area contributed by atoms with Crippen molar-refractivity contribution in [1.29, 1.82) is 5.26 Å². The molecule has 0 saturated heterocycles. The first-order valence-corrected chi connectivity index (χ1v) is 7.95. The number of halogens is 1. The minimum Gasteiger partial charge on any atom is -0.488 e. The maximum Gasteiger partial charge on any atom is 0.125 e. The molecule has 21 heavy (non-hydrogen) atoms. The first-order chi connectivity index (χ1) is 10.0. The van der Waals surface area contributed by atoms with Crippen molar-refractivity contribution in [3.8, 4) is 11.8 Å². The van der Waals surface area contributed by atoms with Gasteiger partial charge in [0.15, 0.2) is 0 Å². The number of hydrogen-bond donors (Lipinski definition) is 0. The van der Waals surface area contributed by atoms with Crippen LogP contribution in [0.1, 0.15) is 33.4 Å². The summed E-state index contributed by atoms with van der Waals surface area (Å²) in [7, 11) is 0. The van der Waals surface area contributed by atoms with E-state index in [1.165, 1.54) is 5.56 Å². The van der Waals surface area contributed by atoms with Crippen LogP contribution in [0, 0.1) is 32.1 Å². The highest BCUT2D eigenvalue weighted by Gasteiger charge is 2.08. The van der Waals surface area contributed by atoms with E-state index in [0.29, 0.717) is 12.2 Å². The van der Waals surface area contributed by atoms with Gasteiger partial charge < -0.3 is 4.74 Å². The Balaban J connectivity index is 2.19. The fraction of sp³-hybridized carbons (Fsp3) is 0.278. The Hall–Kier alpha value is -1.79. The van der Waals surface area contributed by atoms with E-state index in [1.54, 1.807) is 0 Å². The minimum atomic E-state index is 0.521. The van der Waals surface area contributed by atoms with Gasteiger partial charge in [-0.2, -0.15) is 5.26 Å². The zero-order valence-corrected chi connectivity index (χ0v) is 14.1. The van der Waals surface area contributed by atoms with Crippen molar-refractivity contribution in [1.82, 2.24) is 0 Å². The molecule has 0 unspecified atom stereocenters. The van der Waals surface area contributed by atoms with Crippen molar-refractivity contribution in [2.24, 2.45) is 0 Å². The SMILES string of the molecule is Cc1cc(C#N)ccc1COc1c(C)cc(CBr)cc1C. The Morgan fingerprint density at radius 2 is 1.71 bits per heavy atom. The summed E-state index contributed by atoms with van der Waals surface area (Å²) in [5, 5.41) is 9.75. The fourth-order valence-electron chi connectivity index (χ4n) is 2.42. The number of benzene rings is 2. The Morgan fingerprint density at radius 3 is 2.24 bits per heavy atom. The standard InChI is InChI=1S/C18H18BrNO/c1-12-6-15(10-20)4-5-17(12)11-21-18-13(2)7-16(9-19)8-14(18)3/h4-8H,9,11H2,1-3H3. The lowest BCUT2D eigenvalue weighted by atomic mass is 10.1. The molecule has 2 nitrogen and oxygen atoms in total. The minimum absolute atomic E-state index is 0.521. The second-order valence-electron chi connectivity index (χ2n) is 5.23. The van der Waals surface area contributed by atoms with Gasteiger partial charge in [0, 0.05) is 5.33 Å². The summed E-state index contributed by atoms with van der Waals surface area (Å²) < 4.78 is 6.01. The highest BCUT2D eigenvalue weighted by atomic mass is 79.9. The van der Waals surface area contributed by atoms with Crippen LogP contribution in [-0.2, 0) is 11.9 Å². The molecule has 0 bridgehead atoms. The quantitative estimate of drug-likeness (QED) is 0.735. The molecule has 0 fully saturated rings. The van der Waals surface area contributed by atoms with Gasteiger partial charge in [-0.15, -0.1) is 0 Å². The van der Waals surface area contributed by atoms with Crippen molar-refractivity contribution < 1.29 is 4.74 Å². The molecule has 2 aromatic carbocycles. The molecular formula is C18H18BrNO. The van der Waals surface area contributed by atoms with Gasteiger partial charge in [0.25, 0.3) is 0 Å². The van der Waals surface area contributed by atoms with Crippen LogP contribution < -0.4 is 4.74 Å². The van der Waals surface area contributed by atoms with E-state index in [9.17, 15) is 0 Å². The molecule has 0 spiro atoms. The largest absolute Gasteiger partial charge is 0.488 e. The number of alkyl halides is 1. The zero-order valence-electron chi connectivity index (χ0n) is 12.5. The summed E-state index contributed by atoms with van der Waals surface area (Å²) in [6, 6.07) is 12.1. The Kier molecular flexibility index (Phi) is 5.03. The number of nitrogens with zero attached hydrogens (tertiary/aromatic N) is 1. The third kappa shape index (κ3) is 3.65. The molecule has 0 atom stereocenters. The van der Waals surface area contributed by atoms with Crippen LogP contribution >= 0.6 is 15.9 Å². The summed E-state index contributed by atoms with van der Waals surface area (Å²) in [4.78, 5) is 0. The molecule has 108 valence electrons. The highest BCUT2D eigenvalue weighted by Crippen LogP contribution is 2.27. The second-order valence-corrected chi connectivity index (χ2v) is 5.79. The molecule has 0 radical (unpaired) electrons. The van der Waals surface area contributed by atoms with Gasteiger partial charge in [-0.3, -0.25) is 0 Å². The van der Waals surface area contributed by atoms with Crippen LogP contribution in [0.4, 0.5) is 0 Å². The van der Waals surface area contributed by atoms with Gasteiger partial charge in [0.05, 0.1) is 11.6 Å². The van der Waals surface area contributed by atoms with Crippen LogP contribution in [0.15, 0.2) is 30.3 Å². The molecule has 0 N–H and O–H groups in total. The number of nitriles is 1. The monoisotopic (exact) mass is 343 g/mol. The first-order valence-electron chi connectivity index (χ1n) is 6.83. The number of ether oxygens (including phenoxy) is 1. The van der Waals surface area contributed by atoms with E-state index < -0.39 is 0 Å². The predicted octanol–water partition coefficient (Wildman–Crippen LogP) is 4.96. The van der Waals surface area contributed by atoms with Crippen LogP contribution in [0.3, 0.4) is 0 Å². The van der Waals surface area contributed by atoms with E-state index in [4.69, 9.17) is 10.00 Å². The molecule has 0 heterocycles. The molecule has 2 rings (SSSR count). The lowest BCUT2D eigenvalue weighted by molar-refractivity contribution is 0.301. The lowest BCUT2D eigenvalue weighted by Crippen LogP contribution is -2.01. The molecule has 0 amide bonds. The van der Waals surface area contributed by atoms with E-state index >= 15 is 0 Å². The van der Waals surface area contributed by atoms with Gasteiger partial charge in [-0.25, -0.2) is 0 Å². The van der Waals surface area contributed by atoms with Crippen LogP contribution in [0.5, 0.6) is 5.75 Å². The summed E-state index contributed by atoms with van der Waals surface area (Å²) >= 11 is 3.48. The van der Waals surface area contributed by atoms with Gasteiger partial charge in [0.2, 0.25) is 0 Å². The average molecular weight is 344 g/mol. The normalized spacial score (nSPS) is 10.2. The molecule has 0 aromatic heterocycles. The van der Waals surface area contributed by atoms with Gasteiger partial charge >= 0.3 is 0 Å². The summed E-state index contributed by atoms with van der Waals surface area (Å²) in [6.45, 7) is 6.67. The van der Waals surface area contributed by atoms with Gasteiger partial charge in [0.1, 0.15) is 12.4 Å². The zero-order chi connectivity index (χ0) is 15.4. The van der Waals surface area contributed by atoms with E-state index in [1.807, 2.05) is 25.1 Å². The van der Waals surface area contributed by atoms with Gasteiger partial charge in [-0.05, 0) is 60.7 Å². The number of aryl methyl sites for hydroxylation is 3. The molecule has 0 aliphatic rings. The average Bonchev–Trinajstić information content (AvgIpc) is 2.47. The van der Waals surface area contributed by atoms with Gasteiger partial charge in [-0.1, -0.05) is 34.1 Å². The van der Waals surface area contributed by atoms with Crippen molar-refractivity contribution in [3.05, 3.63) is 63.7 Å². The summed E-state index contributed by atoms with van der Waals surface area (Å²) in [5.74, 6) is 0.948. The Labute approximate surface area is 134 Å². The molecule has 2 aromatic rings. The maximum atomic E-state index is 8.90. The summed E-state index contributed by atoms with van der Waals surface area (Å²) in [5.41, 5.74) is 6.43. The smallest absolute Gasteiger partial charge is 0.125 e. The van der Waals surface area contributed by atoms with E-state index in [-0.39, 0.29) is 0 Å². The maximum absolute atomic E-state index is 8.90. The van der Waals surface area contributed by atoms with Crippen molar-refractivity contribution in [2.45, 2.75) is 32.7 Å².